The van der Waals surface area contributed by atoms with Crippen molar-refractivity contribution in [1.29, 1.82) is 0 Å². The highest BCUT2D eigenvalue weighted by molar-refractivity contribution is 8.00. The molecule has 7 nitrogen and oxygen atoms in total. The Morgan fingerprint density at radius 3 is 2.83 bits per heavy atom. The van der Waals surface area contributed by atoms with Crippen LogP contribution in [0.25, 0.3) is 11.0 Å². The number of piperidine rings is 1. The predicted octanol–water partition coefficient (Wildman–Crippen LogP) is 3.79. The number of ketones is 1. The number of hydrogen-bond acceptors (Lipinski definition) is 7. The van der Waals surface area contributed by atoms with Gasteiger partial charge in [0.2, 0.25) is 0 Å². The lowest BCUT2D eigenvalue weighted by Gasteiger charge is -2.34. The molecule has 1 saturated heterocycles. The van der Waals surface area contributed by atoms with E-state index in [9.17, 15) is 9.59 Å². The summed E-state index contributed by atoms with van der Waals surface area (Å²) in [5, 5.41) is 4.38. The minimum absolute atomic E-state index is 0.0206. The molecule has 9 heteroatoms. The molecule has 0 spiro atoms. The van der Waals surface area contributed by atoms with E-state index in [-0.39, 0.29) is 11.5 Å². The highest BCUT2D eigenvalue weighted by Gasteiger charge is 2.31. The van der Waals surface area contributed by atoms with E-state index < -0.39 is 0 Å². The van der Waals surface area contributed by atoms with Crippen molar-refractivity contribution >= 4 is 40.2 Å². The molecule has 0 aromatic carbocycles. The van der Waals surface area contributed by atoms with Crippen molar-refractivity contribution in [2.45, 2.75) is 62.0 Å². The van der Waals surface area contributed by atoms with Gasteiger partial charge in [-0.3, -0.25) is 19.6 Å². The van der Waals surface area contributed by atoms with Gasteiger partial charge in [0, 0.05) is 60.7 Å². The summed E-state index contributed by atoms with van der Waals surface area (Å²) >= 11 is 8.19. The van der Waals surface area contributed by atoms with Crippen LogP contribution in [0.5, 0.6) is 0 Å². The molecular formula is C27H30ClN5O2S. The number of nitrogens with one attached hydrogen (secondary N) is 1. The van der Waals surface area contributed by atoms with E-state index in [0.717, 1.165) is 84.7 Å². The van der Waals surface area contributed by atoms with Gasteiger partial charge in [0.15, 0.2) is 0 Å². The number of nitrogens with zero attached hydrogens (tertiary/aromatic N) is 4. The third-order valence-electron chi connectivity index (χ3n) is 7.69. The zero-order valence-electron chi connectivity index (χ0n) is 20.2. The second-order valence-corrected chi connectivity index (χ2v) is 11.5. The zero-order valence-corrected chi connectivity index (χ0v) is 21.8. The van der Waals surface area contributed by atoms with Crippen LogP contribution in [0.3, 0.4) is 0 Å². The Morgan fingerprint density at radius 2 is 1.97 bits per heavy atom. The summed E-state index contributed by atoms with van der Waals surface area (Å²) in [7, 11) is 0. The van der Waals surface area contributed by atoms with E-state index in [1.54, 1.807) is 30.1 Å². The van der Waals surface area contributed by atoms with Gasteiger partial charge in [0.25, 0.3) is 5.56 Å². The molecule has 0 amide bonds. The SMILES string of the molecule is O=C1CCCc2nc(CNC3CCN(CC4Cn5c(=O)ccc6ncc(Cl)c4c65)CC3)ccc2SC1. The van der Waals surface area contributed by atoms with Crippen LogP contribution >= 0.6 is 23.4 Å². The summed E-state index contributed by atoms with van der Waals surface area (Å²) in [4.78, 5) is 37.2. The Bertz CT molecular complexity index is 1370. The molecule has 1 unspecified atom stereocenters. The van der Waals surface area contributed by atoms with Gasteiger partial charge in [-0.15, -0.1) is 11.8 Å². The minimum Gasteiger partial charge on any atom is -0.308 e. The monoisotopic (exact) mass is 523 g/mol. The Kier molecular flexibility index (Phi) is 6.86. The number of aromatic nitrogens is 3. The number of pyridine rings is 3. The van der Waals surface area contributed by atoms with Crippen molar-refractivity contribution in [2.24, 2.45) is 0 Å². The molecular weight excluding hydrogens is 494 g/mol. The van der Waals surface area contributed by atoms with Crippen molar-refractivity contribution < 1.29 is 4.79 Å². The summed E-state index contributed by atoms with van der Waals surface area (Å²) in [6.07, 6.45) is 6.33. The Balaban J connectivity index is 1.04. The number of hydrogen-bond donors (Lipinski definition) is 1. The molecule has 3 aliphatic heterocycles. The average molecular weight is 524 g/mol. The molecule has 0 aliphatic carbocycles. The molecule has 1 N–H and O–H groups in total. The normalized spacial score (nSPS) is 20.9. The maximum atomic E-state index is 12.5. The van der Waals surface area contributed by atoms with Crippen LogP contribution in [0.4, 0.5) is 0 Å². The van der Waals surface area contributed by atoms with E-state index >= 15 is 0 Å². The lowest BCUT2D eigenvalue weighted by molar-refractivity contribution is -0.116. The second kappa shape index (κ2) is 10.2. The lowest BCUT2D eigenvalue weighted by Crippen LogP contribution is -2.43. The molecule has 6 rings (SSSR count). The fraction of sp³-hybridized carbons (Fsp3) is 0.481. The Hall–Kier alpha value is -2.26. The van der Waals surface area contributed by atoms with Crippen LogP contribution in [0.1, 0.15) is 48.6 Å². The highest BCUT2D eigenvalue weighted by Crippen LogP contribution is 2.37. The Labute approximate surface area is 219 Å². The van der Waals surface area contributed by atoms with E-state index in [1.165, 1.54) is 0 Å². The van der Waals surface area contributed by atoms with Crippen LogP contribution in [-0.4, -0.2) is 56.6 Å². The molecule has 0 saturated carbocycles. The minimum atomic E-state index is 0.0206. The summed E-state index contributed by atoms with van der Waals surface area (Å²) in [6.45, 7) is 4.39. The Morgan fingerprint density at radius 1 is 1.11 bits per heavy atom. The molecule has 36 heavy (non-hydrogen) atoms. The third-order valence-corrected chi connectivity index (χ3v) is 9.14. The standard InChI is InChI=1S/C27H30ClN5O2S/c28-21-13-30-23-5-7-25(35)33-15-17(26(21)27(23)33)14-32-10-8-18(9-11-32)29-12-19-4-6-24-22(31-19)3-1-2-20(34)16-36-24/h4-7,13,17-18,29H,1-3,8-12,14-16H2. The number of aryl methyl sites for hydroxylation is 1. The van der Waals surface area contributed by atoms with Gasteiger partial charge in [-0.05, 0) is 57.0 Å². The van der Waals surface area contributed by atoms with Gasteiger partial charge in [-0.2, -0.15) is 0 Å². The first-order chi connectivity index (χ1) is 17.5. The summed E-state index contributed by atoms with van der Waals surface area (Å²) in [5.74, 6) is 1.11. The van der Waals surface area contributed by atoms with Gasteiger partial charge in [0.1, 0.15) is 5.78 Å². The second-order valence-electron chi connectivity index (χ2n) is 10.1. The van der Waals surface area contributed by atoms with E-state index in [4.69, 9.17) is 16.6 Å². The van der Waals surface area contributed by atoms with Crippen LogP contribution in [-0.2, 0) is 24.3 Å². The van der Waals surface area contributed by atoms with Crippen molar-refractivity contribution in [3.8, 4) is 0 Å². The first kappa shape index (κ1) is 24.1. The predicted molar refractivity (Wildman–Crippen MR) is 143 cm³/mol. The smallest absolute Gasteiger partial charge is 0.251 e. The summed E-state index contributed by atoms with van der Waals surface area (Å²) in [5.41, 5.74) is 5.06. The fourth-order valence-electron chi connectivity index (χ4n) is 5.80. The average Bonchev–Trinajstić information content (AvgIpc) is 3.26. The maximum Gasteiger partial charge on any atom is 0.251 e. The molecule has 3 aliphatic rings. The topological polar surface area (TPSA) is 80.1 Å². The lowest BCUT2D eigenvalue weighted by atomic mass is 9.98. The zero-order chi connectivity index (χ0) is 24.6. The molecule has 188 valence electrons. The fourth-order valence-corrected chi connectivity index (χ4v) is 7.03. The van der Waals surface area contributed by atoms with Gasteiger partial charge >= 0.3 is 0 Å². The number of thioether (sulfide) groups is 1. The molecule has 1 atom stereocenters. The van der Waals surface area contributed by atoms with Gasteiger partial charge in [-0.1, -0.05) is 11.6 Å². The maximum absolute atomic E-state index is 12.5. The number of Topliss-reactive ketones (excluding diaryl/α,β-unsaturated/α-hetero) is 1. The van der Waals surface area contributed by atoms with Crippen LogP contribution in [0.2, 0.25) is 5.02 Å². The third kappa shape index (κ3) is 4.84. The highest BCUT2D eigenvalue weighted by atomic mass is 35.5. The van der Waals surface area contributed by atoms with E-state index in [2.05, 4.69) is 27.3 Å². The molecule has 1 fully saturated rings. The van der Waals surface area contributed by atoms with Gasteiger partial charge in [-0.25, -0.2) is 0 Å². The first-order valence-electron chi connectivity index (χ1n) is 12.8. The van der Waals surface area contributed by atoms with Crippen molar-refractivity contribution in [1.82, 2.24) is 24.8 Å². The molecule has 3 aromatic heterocycles. The van der Waals surface area contributed by atoms with Gasteiger partial charge < -0.3 is 14.8 Å². The van der Waals surface area contributed by atoms with E-state index in [1.807, 2.05) is 4.57 Å². The number of rotatable bonds is 5. The molecule has 6 heterocycles. The number of carbonyl (C=O) groups is 1. The molecule has 0 radical (unpaired) electrons. The largest absolute Gasteiger partial charge is 0.308 e. The van der Waals surface area contributed by atoms with Gasteiger partial charge in [0.05, 0.1) is 33.2 Å². The van der Waals surface area contributed by atoms with Crippen molar-refractivity contribution in [2.75, 3.05) is 25.4 Å². The van der Waals surface area contributed by atoms with Crippen molar-refractivity contribution in [3.63, 3.8) is 0 Å². The van der Waals surface area contributed by atoms with Crippen LogP contribution in [0, 0.1) is 0 Å². The molecule has 3 aromatic rings. The quantitative estimate of drug-likeness (QED) is 0.545. The van der Waals surface area contributed by atoms with Crippen LogP contribution in [0.15, 0.2) is 40.2 Å². The first-order valence-corrected chi connectivity index (χ1v) is 14.2. The number of carbonyl (C=O) groups excluding carboxylic acids is 1. The number of halogens is 1. The summed E-state index contributed by atoms with van der Waals surface area (Å²) < 4.78 is 1.84. The van der Waals surface area contributed by atoms with Crippen LogP contribution < -0.4 is 10.9 Å². The summed E-state index contributed by atoms with van der Waals surface area (Å²) in [6, 6.07) is 8.10. The van der Waals surface area contributed by atoms with E-state index in [0.29, 0.717) is 35.6 Å². The van der Waals surface area contributed by atoms with Crippen molar-refractivity contribution in [3.05, 3.63) is 62.8 Å². The number of likely N-dealkylation sites (tertiary alicyclic amines) is 1. The number of fused-ring (bicyclic) bond motifs is 1. The molecule has 0 bridgehead atoms.